The fourth-order valence-corrected chi connectivity index (χ4v) is 11.2. The van der Waals surface area contributed by atoms with Gasteiger partial charge in [-0.3, -0.25) is 5.14 Å². The fraction of sp³-hybridized carbons (Fsp3) is 0.444. The number of hydrogen-bond donors (Lipinski definition) is 4. The maximum atomic E-state index is 6.52. The zero-order valence-electron chi connectivity index (χ0n) is 51.5. The Morgan fingerprint density at radius 1 is 0.544 bits per heavy atom. The standard InChI is InChI=1S/C46H60O2S2.C23H31NS2.C3H8/c1-11-32(6)39-28-37(19-21-42(39)47-25-23-30(3)4)46(9,10)38-20-22-43(40(29-38)33(7)12-2)48-26-24-35-15-17-36(18-16-35)44(49)45(50)41-27-31(5)13-14-34(41)8;1-6-7-14-23(4,5)19-12-10-18(11-13-19)22(26-24)21(25)20-15-16(2)8-9-17(20)3;1-3-2/h13-22,27-30,32-33,49-50H,11-12,23-26H2,1-10H3;8-13,15,25H,6-7,14,24H2,1-5H3;3H2,1-2H3/b45-44-;22-21-;. The number of nitrogens with two attached hydrogens (primary N) is 1. The fourth-order valence-electron chi connectivity index (χ4n) is 9.49. The molecule has 0 aliphatic heterocycles. The Hall–Kier alpha value is -4.24. The normalized spacial score (nSPS) is 13.1. The number of rotatable bonds is 23. The van der Waals surface area contributed by atoms with Crippen LogP contribution < -0.4 is 14.6 Å². The number of thiol groups is 3. The van der Waals surface area contributed by atoms with Crippen molar-refractivity contribution in [3.63, 3.8) is 0 Å². The Morgan fingerprint density at radius 2 is 1.00 bits per heavy atom. The minimum Gasteiger partial charge on any atom is -0.493 e. The van der Waals surface area contributed by atoms with E-state index in [0.29, 0.717) is 24.4 Å². The van der Waals surface area contributed by atoms with Gasteiger partial charge in [0, 0.05) is 31.5 Å². The minimum absolute atomic E-state index is 0.174. The molecule has 0 saturated carbocycles. The highest BCUT2D eigenvalue weighted by Gasteiger charge is 2.27. The van der Waals surface area contributed by atoms with Crippen LogP contribution in [-0.2, 0) is 17.3 Å². The van der Waals surface area contributed by atoms with Gasteiger partial charge >= 0.3 is 0 Å². The molecule has 0 aromatic heterocycles. The number of unbranched alkanes of at least 4 members (excludes halogenated alkanes) is 1. The van der Waals surface area contributed by atoms with Crippen molar-refractivity contribution in [1.29, 1.82) is 0 Å². The second kappa shape index (κ2) is 32.4. The monoisotopic (exact) mass is 1140 g/mol. The lowest BCUT2D eigenvalue weighted by molar-refractivity contribution is 0.285. The molecule has 0 aliphatic rings. The second-order valence-electron chi connectivity index (χ2n) is 23.5. The van der Waals surface area contributed by atoms with Gasteiger partial charge in [0.25, 0.3) is 0 Å². The third kappa shape index (κ3) is 19.2. The Bertz CT molecular complexity index is 2910. The van der Waals surface area contributed by atoms with Gasteiger partial charge in [-0.05, 0) is 167 Å². The smallest absolute Gasteiger partial charge is 0.122 e. The summed E-state index contributed by atoms with van der Waals surface area (Å²) in [7, 11) is 0. The van der Waals surface area contributed by atoms with Crippen LogP contribution in [0.1, 0.15) is 225 Å². The molecular weight excluding hydrogens is 1040 g/mol. The lowest BCUT2D eigenvalue weighted by Gasteiger charge is -2.30. The summed E-state index contributed by atoms with van der Waals surface area (Å²) in [5.41, 5.74) is 17.2. The van der Waals surface area contributed by atoms with E-state index >= 15 is 0 Å². The van der Waals surface area contributed by atoms with E-state index in [1.54, 1.807) is 0 Å². The molecule has 3 nitrogen and oxygen atoms in total. The van der Waals surface area contributed by atoms with Gasteiger partial charge in [-0.25, -0.2) is 0 Å². The number of ether oxygens (including phenoxy) is 2. The number of hydrogen-bond acceptors (Lipinski definition) is 7. The van der Waals surface area contributed by atoms with Crippen LogP contribution in [0.15, 0.2) is 121 Å². The van der Waals surface area contributed by atoms with Crippen LogP contribution in [-0.4, -0.2) is 13.2 Å². The van der Waals surface area contributed by atoms with Crippen LogP contribution in [0.4, 0.5) is 0 Å². The Kier molecular flexibility index (Phi) is 27.6. The van der Waals surface area contributed by atoms with Crippen molar-refractivity contribution in [3.8, 4) is 11.5 Å². The molecule has 7 heteroatoms. The Labute approximate surface area is 502 Å². The summed E-state index contributed by atoms with van der Waals surface area (Å²) in [5.74, 6) is 3.47. The van der Waals surface area contributed by atoms with Crippen LogP contribution in [0, 0.1) is 33.6 Å². The van der Waals surface area contributed by atoms with E-state index < -0.39 is 0 Å². The van der Waals surface area contributed by atoms with Crippen LogP contribution >= 0.6 is 49.8 Å². The lowest BCUT2D eigenvalue weighted by Crippen LogP contribution is -2.20. The molecule has 0 radical (unpaired) electrons. The van der Waals surface area contributed by atoms with Gasteiger partial charge in [-0.15, -0.1) is 37.9 Å². The molecule has 6 aromatic rings. The van der Waals surface area contributed by atoms with Gasteiger partial charge in [0.15, 0.2) is 0 Å². The van der Waals surface area contributed by atoms with Crippen molar-refractivity contribution in [2.24, 2.45) is 11.1 Å². The first-order valence-electron chi connectivity index (χ1n) is 29.3. The molecule has 0 aliphatic carbocycles. The average molecular weight is 1140 g/mol. The second-order valence-corrected chi connectivity index (χ2v) is 25.5. The number of aryl methyl sites for hydroxylation is 4. The summed E-state index contributed by atoms with van der Waals surface area (Å²) in [5, 5.41) is 6.03. The first kappa shape index (κ1) is 67.3. The lowest BCUT2D eigenvalue weighted by atomic mass is 9.75. The average Bonchev–Trinajstić information content (AvgIpc) is 3.46. The summed E-state index contributed by atoms with van der Waals surface area (Å²) in [6.07, 6.45) is 8.97. The topological polar surface area (TPSA) is 44.5 Å². The summed E-state index contributed by atoms with van der Waals surface area (Å²) >= 11 is 15.8. The van der Waals surface area contributed by atoms with Gasteiger partial charge < -0.3 is 9.47 Å². The zero-order valence-corrected chi connectivity index (χ0v) is 55.0. The molecule has 6 aromatic carbocycles. The SMILES string of the molecule is CCC.CCC(C)c1cc(C(C)(C)c2ccc(OCCC(C)C)c(C(C)CC)c2)ccc1OCCc1ccc(/C(S)=C(/S)c2cc(C)ccc2C)cc1.CCCCC(C)(C)c1ccc(/C(SN)=C(/S)c2cc(C)ccc2C)cc1. The highest BCUT2D eigenvalue weighted by molar-refractivity contribution is 8.08. The van der Waals surface area contributed by atoms with E-state index in [1.807, 2.05) is 0 Å². The molecule has 0 spiro atoms. The van der Waals surface area contributed by atoms with Gasteiger partial charge in [-0.2, -0.15) is 0 Å². The molecule has 2 atom stereocenters. The summed E-state index contributed by atoms with van der Waals surface area (Å²) < 4.78 is 12.8. The molecule has 0 amide bonds. The van der Waals surface area contributed by atoms with E-state index in [1.165, 1.54) is 93.3 Å². The third-order valence-electron chi connectivity index (χ3n) is 15.5. The number of benzene rings is 6. The quantitative estimate of drug-likeness (QED) is 0.0293. The molecular formula is C72H99NO2S4. The highest BCUT2D eigenvalue weighted by Crippen LogP contribution is 2.42. The predicted octanol–water partition coefficient (Wildman–Crippen LogP) is 21.9. The molecule has 6 rings (SSSR count). The van der Waals surface area contributed by atoms with E-state index in [4.69, 9.17) is 52.5 Å². The van der Waals surface area contributed by atoms with Crippen LogP contribution in [0.3, 0.4) is 0 Å². The summed E-state index contributed by atoms with van der Waals surface area (Å²) in [6, 6.07) is 44.1. The van der Waals surface area contributed by atoms with Gasteiger partial charge in [0.05, 0.1) is 13.2 Å². The Morgan fingerprint density at radius 3 is 1.46 bits per heavy atom. The molecule has 79 heavy (non-hydrogen) atoms. The molecule has 2 unspecified atom stereocenters. The summed E-state index contributed by atoms with van der Waals surface area (Å²) in [4.78, 5) is 3.73. The summed E-state index contributed by atoms with van der Waals surface area (Å²) in [6.45, 7) is 39.3. The zero-order chi connectivity index (χ0) is 58.6. The molecule has 0 saturated heterocycles. The third-order valence-corrected chi connectivity index (χ3v) is 17.9. The largest absolute Gasteiger partial charge is 0.493 e. The van der Waals surface area contributed by atoms with Crippen molar-refractivity contribution in [3.05, 3.63) is 199 Å². The van der Waals surface area contributed by atoms with Crippen molar-refractivity contribution in [2.75, 3.05) is 13.2 Å². The van der Waals surface area contributed by atoms with Gasteiger partial charge in [-0.1, -0.05) is 230 Å². The highest BCUT2D eigenvalue weighted by atomic mass is 32.2. The first-order chi connectivity index (χ1) is 37.5. The van der Waals surface area contributed by atoms with Crippen LogP contribution in [0.25, 0.3) is 19.6 Å². The molecule has 0 fully saturated rings. The van der Waals surface area contributed by atoms with Crippen molar-refractivity contribution >= 4 is 69.5 Å². The van der Waals surface area contributed by atoms with E-state index in [2.05, 4.69) is 239 Å². The van der Waals surface area contributed by atoms with Gasteiger partial charge in [0.2, 0.25) is 0 Å². The predicted molar refractivity (Wildman–Crippen MR) is 362 cm³/mol. The molecule has 0 heterocycles. The Balaban J connectivity index is 0.000000388. The van der Waals surface area contributed by atoms with Crippen molar-refractivity contribution < 1.29 is 9.47 Å². The van der Waals surface area contributed by atoms with Crippen molar-refractivity contribution in [1.82, 2.24) is 0 Å². The van der Waals surface area contributed by atoms with Crippen LogP contribution in [0.5, 0.6) is 11.5 Å². The molecule has 2 N–H and O–H groups in total. The van der Waals surface area contributed by atoms with Crippen molar-refractivity contribution in [2.45, 2.75) is 192 Å². The molecule has 0 bridgehead atoms. The van der Waals surface area contributed by atoms with E-state index in [9.17, 15) is 0 Å². The van der Waals surface area contributed by atoms with Crippen LogP contribution in [0.2, 0.25) is 0 Å². The van der Waals surface area contributed by atoms with E-state index in [-0.39, 0.29) is 10.8 Å². The molecule has 428 valence electrons. The van der Waals surface area contributed by atoms with Gasteiger partial charge in [0.1, 0.15) is 11.5 Å². The maximum Gasteiger partial charge on any atom is 0.122 e. The van der Waals surface area contributed by atoms with E-state index in [0.717, 1.165) is 85.7 Å². The minimum atomic E-state index is -0.174. The maximum absolute atomic E-state index is 6.52. The first-order valence-corrected chi connectivity index (χ1v) is 31.5.